The average molecular weight is 458 g/mol. The van der Waals surface area contributed by atoms with Crippen LogP contribution in [0.1, 0.15) is 71.4 Å². The zero-order valence-corrected chi connectivity index (χ0v) is 20.8. The molecule has 0 bridgehead atoms. The van der Waals surface area contributed by atoms with Crippen molar-refractivity contribution in [3.8, 4) is 11.3 Å². The molecule has 0 radical (unpaired) electrons. The Balaban J connectivity index is 1.85. The molecule has 176 valence electrons. The van der Waals surface area contributed by atoms with E-state index in [2.05, 4.69) is 50.9 Å². The third-order valence-electron chi connectivity index (χ3n) is 6.19. The van der Waals surface area contributed by atoms with Crippen LogP contribution < -0.4 is 10.9 Å². The Morgan fingerprint density at radius 2 is 1.79 bits per heavy atom. The lowest BCUT2D eigenvalue weighted by molar-refractivity contribution is 0.0941. The van der Waals surface area contributed by atoms with Crippen LogP contribution in [-0.2, 0) is 0 Å². The van der Waals surface area contributed by atoms with Gasteiger partial charge in [-0.25, -0.2) is 9.97 Å². The van der Waals surface area contributed by atoms with E-state index >= 15 is 0 Å². The van der Waals surface area contributed by atoms with Crippen LogP contribution in [0.5, 0.6) is 0 Å². The van der Waals surface area contributed by atoms with Gasteiger partial charge in [-0.15, -0.1) is 0 Å². The number of hydrogen-bond donors (Lipinski definition) is 2. The number of nitrogens with zero attached hydrogens (tertiary/aromatic N) is 3. The molecule has 0 aliphatic rings. The first-order chi connectivity index (χ1) is 16.1. The molecule has 1 unspecified atom stereocenters. The summed E-state index contributed by atoms with van der Waals surface area (Å²) in [7, 11) is 0. The summed E-state index contributed by atoms with van der Waals surface area (Å²) in [4.78, 5) is 37.9. The molecule has 3 heterocycles. The number of benzene rings is 1. The molecule has 0 spiro atoms. The molecule has 0 fully saturated rings. The fourth-order valence-electron chi connectivity index (χ4n) is 4.71. The van der Waals surface area contributed by atoms with Crippen molar-refractivity contribution in [2.45, 2.75) is 60.5 Å². The Morgan fingerprint density at radius 1 is 1.06 bits per heavy atom. The maximum Gasteiger partial charge on any atom is 0.253 e. The van der Waals surface area contributed by atoms with E-state index < -0.39 is 6.04 Å². The van der Waals surface area contributed by atoms with Gasteiger partial charge in [-0.3, -0.25) is 9.59 Å². The van der Waals surface area contributed by atoms with Gasteiger partial charge >= 0.3 is 0 Å². The molecule has 34 heavy (non-hydrogen) atoms. The van der Waals surface area contributed by atoms with Gasteiger partial charge in [0, 0.05) is 51.7 Å². The molecule has 1 amide bonds. The Bertz CT molecular complexity index is 1460. The molecule has 0 aliphatic carbocycles. The summed E-state index contributed by atoms with van der Waals surface area (Å²) in [5.41, 5.74) is 6.21. The van der Waals surface area contributed by atoms with E-state index in [0.717, 1.165) is 39.0 Å². The number of carbonyl (C=O) groups is 1. The molecule has 3 aromatic heterocycles. The third kappa shape index (κ3) is 4.25. The first-order valence-electron chi connectivity index (χ1n) is 11.5. The molecule has 4 aromatic rings. The fraction of sp³-hybridized carbons (Fsp3) is 0.333. The summed E-state index contributed by atoms with van der Waals surface area (Å²) in [5.74, 6) is 0.441. The van der Waals surface area contributed by atoms with Crippen molar-refractivity contribution >= 4 is 16.8 Å². The average Bonchev–Trinajstić information content (AvgIpc) is 3.09. The van der Waals surface area contributed by atoms with Crippen molar-refractivity contribution in [1.29, 1.82) is 0 Å². The summed E-state index contributed by atoms with van der Waals surface area (Å²) in [6.07, 6.45) is 3.81. The Labute approximate surface area is 199 Å². The molecular weight excluding hydrogens is 426 g/mol. The fourth-order valence-corrected chi connectivity index (χ4v) is 4.71. The van der Waals surface area contributed by atoms with E-state index in [-0.39, 0.29) is 17.5 Å². The highest BCUT2D eigenvalue weighted by molar-refractivity contribution is 6.09. The molecule has 7 nitrogen and oxygen atoms in total. The number of fused-ring (bicyclic) bond motifs is 1. The highest BCUT2D eigenvalue weighted by Gasteiger charge is 2.22. The van der Waals surface area contributed by atoms with Crippen LogP contribution in [0, 0.1) is 27.7 Å². The second-order valence-electron chi connectivity index (χ2n) is 9.29. The van der Waals surface area contributed by atoms with E-state index in [1.165, 1.54) is 0 Å². The van der Waals surface area contributed by atoms with E-state index in [4.69, 9.17) is 0 Å². The zero-order valence-electron chi connectivity index (χ0n) is 20.8. The summed E-state index contributed by atoms with van der Waals surface area (Å²) >= 11 is 0. The molecule has 0 saturated carbocycles. The number of H-pyrrole nitrogens is 1. The van der Waals surface area contributed by atoms with Crippen molar-refractivity contribution < 1.29 is 4.79 Å². The standard InChI is InChI=1S/C27H31N5O2/c1-14(2)32-13-16(4)25-21(11-20(12-23(25)32)22-8-9-28-19(7)31-22)26(33)30-18(6)24-15(3)10-17(5)29-27(24)34/h8-14,18H,1-7H3,(H,29,34)(H,30,33). The molecule has 0 aliphatic heterocycles. The number of nitrogens with one attached hydrogen (secondary N) is 2. The van der Waals surface area contributed by atoms with Gasteiger partial charge in [0.15, 0.2) is 0 Å². The lowest BCUT2D eigenvalue weighted by Gasteiger charge is -2.18. The molecular formula is C27H31N5O2. The number of rotatable bonds is 5. The van der Waals surface area contributed by atoms with Gasteiger partial charge in [0.2, 0.25) is 0 Å². The zero-order chi connectivity index (χ0) is 24.7. The van der Waals surface area contributed by atoms with E-state index in [0.29, 0.717) is 17.0 Å². The number of amides is 1. The van der Waals surface area contributed by atoms with Gasteiger partial charge in [0.1, 0.15) is 5.82 Å². The Morgan fingerprint density at radius 3 is 2.44 bits per heavy atom. The second kappa shape index (κ2) is 8.89. The topological polar surface area (TPSA) is 92.7 Å². The number of aromatic nitrogens is 4. The van der Waals surface area contributed by atoms with Crippen LogP contribution in [0.15, 0.2) is 41.5 Å². The van der Waals surface area contributed by atoms with Gasteiger partial charge in [0.25, 0.3) is 11.5 Å². The maximum absolute atomic E-state index is 13.6. The molecule has 1 aromatic carbocycles. The van der Waals surface area contributed by atoms with Gasteiger partial charge < -0.3 is 14.9 Å². The van der Waals surface area contributed by atoms with Crippen LogP contribution in [0.2, 0.25) is 0 Å². The highest BCUT2D eigenvalue weighted by atomic mass is 16.2. The lowest BCUT2D eigenvalue weighted by atomic mass is 9.99. The maximum atomic E-state index is 13.6. The number of pyridine rings is 1. The summed E-state index contributed by atoms with van der Waals surface area (Å²) in [5, 5.41) is 3.97. The minimum Gasteiger partial charge on any atom is -0.345 e. The number of carbonyl (C=O) groups excluding carboxylic acids is 1. The summed E-state index contributed by atoms with van der Waals surface area (Å²) in [6.45, 7) is 13.7. The van der Waals surface area contributed by atoms with Crippen molar-refractivity contribution in [1.82, 2.24) is 24.8 Å². The highest BCUT2D eigenvalue weighted by Crippen LogP contribution is 2.32. The van der Waals surface area contributed by atoms with Crippen molar-refractivity contribution in [2.24, 2.45) is 0 Å². The molecule has 1 atom stereocenters. The predicted octanol–water partition coefficient (Wildman–Crippen LogP) is 5.09. The first-order valence-corrected chi connectivity index (χ1v) is 11.5. The van der Waals surface area contributed by atoms with Crippen LogP contribution in [0.4, 0.5) is 0 Å². The first kappa shape index (κ1) is 23.4. The van der Waals surface area contributed by atoms with Crippen molar-refractivity contribution in [3.63, 3.8) is 0 Å². The monoisotopic (exact) mass is 457 g/mol. The number of hydrogen-bond acceptors (Lipinski definition) is 4. The molecule has 7 heteroatoms. The van der Waals surface area contributed by atoms with Gasteiger partial charge in [0.05, 0.1) is 11.7 Å². The van der Waals surface area contributed by atoms with Crippen molar-refractivity contribution in [3.05, 3.63) is 80.8 Å². The summed E-state index contributed by atoms with van der Waals surface area (Å²) < 4.78 is 2.18. The summed E-state index contributed by atoms with van der Waals surface area (Å²) in [6, 6.07) is 7.51. The van der Waals surface area contributed by atoms with Crippen LogP contribution in [0.25, 0.3) is 22.2 Å². The number of aryl methyl sites for hydroxylation is 4. The number of aromatic amines is 1. The van der Waals surface area contributed by atoms with Gasteiger partial charge in [-0.1, -0.05) is 0 Å². The smallest absolute Gasteiger partial charge is 0.253 e. The Kier molecular flexibility index (Phi) is 6.13. The van der Waals surface area contributed by atoms with E-state index in [1.54, 1.807) is 6.20 Å². The molecule has 4 rings (SSSR count). The van der Waals surface area contributed by atoms with Gasteiger partial charge in [-0.05, 0) is 83.9 Å². The quantitative estimate of drug-likeness (QED) is 0.436. The minimum absolute atomic E-state index is 0.178. The predicted molar refractivity (Wildman–Crippen MR) is 135 cm³/mol. The van der Waals surface area contributed by atoms with E-state index in [1.807, 2.05) is 52.8 Å². The Hall–Kier alpha value is -3.74. The second-order valence-corrected chi connectivity index (χ2v) is 9.29. The van der Waals surface area contributed by atoms with Crippen LogP contribution in [-0.4, -0.2) is 25.4 Å². The van der Waals surface area contributed by atoms with Crippen molar-refractivity contribution in [2.75, 3.05) is 0 Å². The van der Waals surface area contributed by atoms with E-state index in [9.17, 15) is 9.59 Å². The van der Waals surface area contributed by atoms with Crippen LogP contribution in [0.3, 0.4) is 0 Å². The SMILES string of the molecule is Cc1nccc(-c2cc(C(=O)NC(C)c3c(C)cc(C)[nH]c3=O)c3c(C)cn(C(C)C)c3c2)n1. The van der Waals surface area contributed by atoms with Crippen LogP contribution >= 0.6 is 0 Å². The third-order valence-corrected chi connectivity index (χ3v) is 6.19. The molecule has 2 N–H and O–H groups in total. The van der Waals surface area contributed by atoms with Gasteiger partial charge in [-0.2, -0.15) is 0 Å². The molecule has 0 saturated heterocycles. The minimum atomic E-state index is -0.454. The lowest BCUT2D eigenvalue weighted by Crippen LogP contribution is -2.31. The largest absolute Gasteiger partial charge is 0.345 e. The normalized spacial score (nSPS) is 12.4.